The highest BCUT2D eigenvalue weighted by atomic mass is 16.5. The first-order valence-corrected chi connectivity index (χ1v) is 5.69. The van der Waals surface area contributed by atoms with Gasteiger partial charge in [-0.2, -0.15) is 0 Å². The van der Waals surface area contributed by atoms with Crippen molar-refractivity contribution in [2.75, 3.05) is 0 Å². The average Bonchev–Trinajstić information content (AvgIpc) is 2.51. The van der Waals surface area contributed by atoms with Gasteiger partial charge in [0.15, 0.2) is 0 Å². The van der Waals surface area contributed by atoms with Crippen molar-refractivity contribution in [1.29, 1.82) is 0 Å². The molecule has 2 atom stereocenters. The lowest BCUT2D eigenvalue weighted by Crippen LogP contribution is -2.47. The van der Waals surface area contributed by atoms with E-state index in [1.165, 1.54) is 17.5 Å². The fraction of sp³-hybridized carbons (Fsp3) is 0.667. The van der Waals surface area contributed by atoms with Crippen LogP contribution in [-0.2, 0) is 5.21 Å². The zero-order chi connectivity index (χ0) is 12.2. The molecule has 4 N–H and O–H groups in total. The van der Waals surface area contributed by atoms with Crippen LogP contribution in [-0.4, -0.2) is 16.1 Å². The van der Waals surface area contributed by atoms with Crippen molar-refractivity contribution < 1.29 is 5.21 Å². The van der Waals surface area contributed by atoms with Gasteiger partial charge < -0.3 is 11.5 Å². The zero-order valence-electron chi connectivity index (χ0n) is 10.1. The molecule has 0 saturated carbocycles. The van der Waals surface area contributed by atoms with Crippen LogP contribution < -0.4 is 11.5 Å². The number of nitrogens with zero attached hydrogens (tertiary/aromatic N) is 1. The Morgan fingerprint density at radius 3 is 1.75 bits per heavy atom. The van der Waals surface area contributed by atoms with Gasteiger partial charge in [-0.3, -0.25) is 0 Å². The molecule has 1 rings (SSSR count). The predicted octanol–water partition coefficient (Wildman–Crippen LogP) is 1.67. The van der Waals surface area contributed by atoms with E-state index in [-0.39, 0.29) is 11.1 Å². The molecule has 0 aliphatic carbocycles. The molecular weight excluding hydrogens is 202 g/mol. The van der Waals surface area contributed by atoms with E-state index >= 15 is 0 Å². The Hall–Kier alpha value is -1.00. The first kappa shape index (κ1) is 13.1. The van der Waals surface area contributed by atoms with Gasteiger partial charge in [-0.25, -0.2) is 0 Å². The topological polar surface area (TPSA) is 75.2 Å². The summed E-state index contributed by atoms with van der Waals surface area (Å²) in [7, 11) is 0. The molecule has 1 radical (unpaired) electrons. The van der Waals surface area contributed by atoms with Crippen molar-refractivity contribution >= 4 is 0 Å². The molecule has 0 aromatic rings. The Bertz CT molecular complexity index is 262. The summed E-state index contributed by atoms with van der Waals surface area (Å²) in [5.41, 5.74) is 10.0. The minimum Gasteiger partial charge on any atom is -0.405 e. The zero-order valence-corrected chi connectivity index (χ0v) is 10.1. The van der Waals surface area contributed by atoms with Crippen molar-refractivity contribution in [1.82, 2.24) is 5.06 Å². The van der Waals surface area contributed by atoms with E-state index in [1.54, 1.807) is 0 Å². The van der Waals surface area contributed by atoms with Gasteiger partial charge in [0.1, 0.15) is 0 Å². The lowest BCUT2D eigenvalue weighted by atomic mass is 9.94. The summed E-state index contributed by atoms with van der Waals surface area (Å²) in [6, 6.07) is 0. The summed E-state index contributed by atoms with van der Waals surface area (Å²) in [5, 5.41) is 13.6. The summed E-state index contributed by atoms with van der Waals surface area (Å²) in [6.45, 7) is 3.99. The highest BCUT2D eigenvalue weighted by Gasteiger charge is 2.49. The smallest absolute Gasteiger partial charge is 0.0507 e. The molecule has 1 fully saturated rings. The highest BCUT2D eigenvalue weighted by Crippen LogP contribution is 2.43. The fourth-order valence-corrected chi connectivity index (χ4v) is 2.41. The molecule has 1 saturated heterocycles. The van der Waals surface area contributed by atoms with Gasteiger partial charge in [0, 0.05) is 0 Å². The van der Waals surface area contributed by atoms with Gasteiger partial charge in [-0.1, -0.05) is 12.2 Å². The van der Waals surface area contributed by atoms with E-state index < -0.39 is 0 Å². The molecule has 16 heavy (non-hydrogen) atoms. The van der Waals surface area contributed by atoms with Gasteiger partial charge in [0.2, 0.25) is 0 Å². The maximum absolute atomic E-state index is 12.3. The minimum atomic E-state index is -0.326. The summed E-state index contributed by atoms with van der Waals surface area (Å²) < 4.78 is 0. The SMILES string of the molecule is CC1(CC=CN)CCC(C)(CC=CN)N1[O]. The van der Waals surface area contributed by atoms with E-state index in [0.717, 1.165) is 12.8 Å². The Kier molecular flexibility index (Phi) is 3.99. The van der Waals surface area contributed by atoms with Crippen molar-refractivity contribution in [3.8, 4) is 0 Å². The molecule has 4 heteroatoms. The molecule has 0 spiro atoms. The quantitative estimate of drug-likeness (QED) is 0.762. The molecule has 1 heterocycles. The van der Waals surface area contributed by atoms with E-state index in [9.17, 15) is 5.21 Å². The first-order chi connectivity index (χ1) is 7.48. The normalized spacial score (nSPS) is 36.7. The maximum atomic E-state index is 12.3. The molecular formula is C12H22N3O. The second-order valence-corrected chi connectivity index (χ2v) is 5.05. The molecule has 0 bridgehead atoms. The third-order valence-corrected chi connectivity index (χ3v) is 3.57. The molecule has 0 amide bonds. The summed E-state index contributed by atoms with van der Waals surface area (Å²) in [5.74, 6) is 0. The van der Waals surface area contributed by atoms with Crippen LogP contribution in [0.5, 0.6) is 0 Å². The second-order valence-electron chi connectivity index (χ2n) is 5.05. The standard InChI is InChI=1S/C12H22N3O/c1-11(5-3-9-13)7-8-12(2,15(11)16)6-4-10-14/h3-4,9-10H,5-8,13-14H2,1-2H3. The second kappa shape index (κ2) is 4.89. The molecule has 2 unspecified atom stereocenters. The summed E-state index contributed by atoms with van der Waals surface area (Å²) in [4.78, 5) is 0. The van der Waals surface area contributed by atoms with Crippen LogP contribution in [0.2, 0.25) is 0 Å². The highest BCUT2D eigenvalue weighted by molar-refractivity contribution is 5.06. The summed E-state index contributed by atoms with van der Waals surface area (Å²) >= 11 is 0. The molecule has 0 aromatic carbocycles. The van der Waals surface area contributed by atoms with Crippen molar-refractivity contribution in [3.63, 3.8) is 0 Å². The van der Waals surface area contributed by atoms with E-state index in [2.05, 4.69) is 0 Å². The average molecular weight is 224 g/mol. The maximum Gasteiger partial charge on any atom is 0.0507 e. The van der Waals surface area contributed by atoms with Crippen LogP contribution in [0, 0.1) is 0 Å². The van der Waals surface area contributed by atoms with Crippen molar-refractivity contribution in [3.05, 3.63) is 24.6 Å². The third kappa shape index (κ3) is 2.39. The third-order valence-electron chi connectivity index (χ3n) is 3.57. The van der Waals surface area contributed by atoms with Gasteiger partial charge in [-0.05, 0) is 51.9 Å². The van der Waals surface area contributed by atoms with E-state index in [4.69, 9.17) is 11.5 Å². The van der Waals surface area contributed by atoms with Crippen LogP contribution in [0.4, 0.5) is 0 Å². The Morgan fingerprint density at radius 1 is 1.06 bits per heavy atom. The Balaban J connectivity index is 2.75. The number of hydroxylamine groups is 2. The molecule has 0 aromatic heterocycles. The lowest BCUT2D eigenvalue weighted by molar-refractivity contribution is -0.251. The van der Waals surface area contributed by atoms with Crippen LogP contribution in [0.25, 0.3) is 0 Å². The summed E-state index contributed by atoms with van der Waals surface area (Å²) in [6.07, 6.45) is 9.93. The molecule has 4 nitrogen and oxygen atoms in total. The predicted molar refractivity (Wildman–Crippen MR) is 64.5 cm³/mol. The number of nitrogens with two attached hydrogens (primary N) is 2. The monoisotopic (exact) mass is 224 g/mol. The van der Waals surface area contributed by atoms with Crippen molar-refractivity contribution in [2.45, 2.75) is 50.6 Å². The van der Waals surface area contributed by atoms with Gasteiger partial charge >= 0.3 is 0 Å². The minimum absolute atomic E-state index is 0.326. The molecule has 1 aliphatic heterocycles. The number of rotatable bonds is 4. The number of hydrogen-bond acceptors (Lipinski definition) is 3. The van der Waals surface area contributed by atoms with E-state index in [0.29, 0.717) is 12.8 Å². The largest absolute Gasteiger partial charge is 0.405 e. The Morgan fingerprint density at radius 2 is 1.44 bits per heavy atom. The van der Waals surface area contributed by atoms with Gasteiger partial charge in [0.25, 0.3) is 0 Å². The number of hydrogen-bond donors (Lipinski definition) is 2. The van der Waals surface area contributed by atoms with Crippen LogP contribution in [0.15, 0.2) is 24.6 Å². The molecule has 1 aliphatic rings. The lowest BCUT2D eigenvalue weighted by Gasteiger charge is -2.35. The van der Waals surface area contributed by atoms with E-state index in [1.807, 2.05) is 26.0 Å². The van der Waals surface area contributed by atoms with Gasteiger partial charge in [0.05, 0.1) is 11.1 Å². The van der Waals surface area contributed by atoms with Crippen molar-refractivity contribution in [2.24, 2.45) is 11.5 Å². The Labute approximate surface area is 97.6 Å². The van der Waals surface area contributed by atoms with Crippen LogP contribution in [0.1, 0.15) is 39.5 Å². The van der Waals surface area contributed by atoms with Gasteiger partial charge in [-0.15, -0.1) is 10.3 Å². The van der Waals surface area contributed by atoms with Crippen LogP contribution in [0.3, 0.4) is 0 Å². The molecule has 91 valence electrons. The first-order valence-electron chi connectivity index (χ1n) is 5.69. The van der Waals surface area contributed by atoms with Crippen LogP contribution >= 0.6 is 0 Å². The fourth-order valence-electron chi connectivity index (χ4n) is 2.41.